The molecule has 2 atom stereocenters. The van der Waals surface area contributed by atoms with Crippen molar-refractivity contribution in [1.82, 2.24) is 10.6 Å². The molecule has 4 aliphatic heterocycles. The van der Waals surface area contributed by atoms with Gasteiger partial charge < -0.3 is 48.2 Å². The quantitative estimate of drug-likeness (QED) is 0.111. The van der Waals surface area contributed by atoms with Crippen molar-refractivity contribution in [1.29, 1.82) is 0 Å². The molecule has 370 valence electrons. The van der Waals surface area contributed by atoms with E-state index >= 15 is 0 Å². The number of carbonyl (C=O) groups is 2. The van der Waals surface area contributed by atoms with E-state index in [-0.39, 0.29) is 12.2 Å². The molecule has 0 unspecified atom stereocenters. The number of hydrogen-bond donors (Lipinski definition) is 2. The Hall–Kier alpha value is -2.77. The van der Waals surface area contributed by atoms with E-state index in [0.29, 0.717) is 39.5 Å². The maximum atomic E-state index is 12.1. The van der Waals surface area contributed by atoms with Gasteiger partial charge in [0.25, 0.3) is 0 Å². The van der Waals surface area contributed by atoms with Crippen molar-refractivity contribution < 1.29 is 47.2 Å². The summed E-state index contributed by atoms with van der Waals surface area (Å²) in [4.78, 5) is 25.1. The molecular weight excluding hydrogens is 1070 g/mol. The Balaban J connectivity index is 0.000000172. The molecule has 0 spiro atoms. The van der Waals surface area contributed by atoms with Crippen LogP contribution < -0.4 is 33.9 Å². The number of carbonyl (C=O) groups excluding carboxylic acids is 2. The first kappa shape index (κ1) is 54.6. The number of ether oxygens (including phenoxy) is 4. The molecule has 2 aromatic carbocycles. The van der Waals surface area contributed by atoms with Gasteiger partial charge in [0.1, 0.15) is 35.9 Å². The Kier molecular flexibility index (Phi) is 20.5. The predicted molar refractivity (Wildman–Crippen MR) is 283 cm³/mol. The summed E-state index contributed by atoms with van der Waals surface area (Å²) in [5, 5.41) is 9.92. The van der Waals surface area contributed by atoms with Gasteiger partial charge in [-0.2, -0.15) is 0 Å². The SMILES string of the molecule is CC(C)(C)OC(=O)NC[C@H]1OB2OCCOc3ccc(-c4cccs4)c1c32.CC(C)(C)OC(=O)NC[C@H]1OB2OCCOc3ccc(Br)c1c32.CCC[CH2][Sn]([CH2]CCC)([CH2]CCC)[c]1cccs1. The first-order valence-electron chi connectivity index (χ1n) is 24.4. The number of alkyl carbamates (subject to hydrolysis) is 2. The Morgan fingerprint density at radius 2 is 1.16 bits per heavy atom. The summed E-state index contributed by atoms with van der Waals surface area (Å²) < 4.78 is 53.3. The van der Waals surface area contributed by atoms with Crippen molar-refractivity contribution in [3.8, 4) is 21.9 Å². The minimum absolute atomic E-state index is 0.295. The van der Waals surface area contributed by atoms with Gasteiger partial charge in [0.05, 0.1) is 25.4 Å². The van der Waals surface area contributed by atoms with Crippen LogP contribution in [-0.4, -0.2) is 95.5 Å². The number of thiophene rings is 2. The van der Waals surface area contributed by atoms with Gasteiger partial charge in [-0.25, -0.2) is 9.59 Å². The first-order valence-corrected chi connectivity index (χ1v) is 34.4. The van der Waals surface area contributed by atoms with Gasteiger partial charge in [-0.05, 0) is 93.9 Å². The number of benzene rings is 2. The Morgan fingerprint density at radius 1 is 0.676 bits per heavy atom. The summed E-state index contributed by atoms with van der Waals surface area (Å²) in [6.45, 7) is 20.5. The van der Waals surface area contributed by atoms with Gasteiger partial charge in [0.15, 0.2) is 0 Å². The number of amides is 2. The first-order chi connectivity index (χ1) is 32.6. The number of hydrogen-bond acceptors (Lipinski definition) is 12. The van der Waals surface area contributed by atoms with E-state index in [1.54, 1.807) is 24.6 Å². The van der Waals surface area contributed by atoms with Gasteiger partial charge >= 0.3 is 149 Å². The second-order valence-electron chi connectivity index (χ2n) is 19.5. The molecule has 6 heterocycles. The third-order valence-corrected chi connectivity index (χ3v) is 32.7. The average molecular weight is 1140 g/mol. The molecule has 0 radical (unpaired) electrons. The predicted octanol–water partition coefficient (Wildman–Crippen LogP) is 11.1. The Labute approximate surface area is 425 Å². The second-order valence-corrected chi connectivity index (χ2v) is 36.4. The van der Waals surface area contributed by atoms with E-state index in [2.05, 4.69) is 88.3 Å². The number of nitrogens with one attached hydrogen (secondary N) is 2. The Morgan fingerprint density at radius 3 is 1.63 bits per heavy atom. The monoisotopic (exact) mass is 1140 g/mol. The Bertz CT molecular complexity index is 2200. The van der Waals surface area contributed by atoms with Gasteiger partial charge in [0, 0.05) is 33.4 Å². The summed E-state index contributed by atoms with van der Waals surface area (Å²) in [6.07, 6.45) is 6.96. The number of unbranched alkanes of at least 4 members (excludes halogenated alkanes) is 3. The molecule has 68 heavy (non-hydrogen) atoms. The third kappa shape index (κ3) is 14.9. The number of rotatable bonds is 15. The van der Waals surface area contributed by atoms with Crippen LogP contribution in [0.1, 0.15) is 124 Å². The van der Waals surface area contributed by atoms with Gasteiger partial charge in [-0.15, -0.1) is 11.3 Å². The fourth-order valence-corrected chi connectivity index (χ4v) is 30.1. The van der Waals surface area contributed by atoms with Crippen molar-refractivity contribution in [2.45, 2.75) is 138 Å². The van der Waals surface area contributed by atoms with Crippen molar-refractivity contribution in [3.05, 3.63) is 74.9 Å². The van der Waals surface area contributed by atoms with Gasteiger partial charge in [0.2, 0.25) is 0 Å². The zero-order valence-electron chi connectivity index (χ0n) is 41.5. The van der Waals surface area contributed by atoms with E-state index in [9.17, 15) is 9.59 Å². The molecule has 18 heteroatoms. The van der Waals surface area contributed by atoms with E-state index in [1.165, 1.54) is 38.5 Å². The molecule has 0 aliphatic carbocycles. The third-order valence-electron chi connectivity index (χ3n) is 11.9. The maximum absolute atomic E-state index is 12.1. The summed E-state index contributed by atoms with van der Waals surface area (Å²) in [6, 6.07) is 16.7. The normalized spacial score (nSPS) is 17.1. The summed E-state index contributed by atoms with van der Waals surface area (Å²) >= 11 is 5.27. The van der Waals surface area contributed by atoms with E-state index in [0.717, 1.165) is 48.5 Å². The molecule has 0 saturated heterocycles. The molecule has 2 aromatic heterocycles. The molecule has 12 nitrogen and oxygen atoms in total. The molecule has 8 rings (SSSR count). The van der Waals surface area contributed by atoms with Crippen LogP contribution >= 0.6 is 38.6 Å². The topological polar surface area (TPSA) is 132 Å². The second kappa shape index (κ2) is 25.6. The average Bonchev–Trinajstić information content (AvgIpc) is 4.11. The van der Waals surface area contributed by atoms with Crippen LogP contribution in [0.5, 0.6) is 11.5 Å². The molecule has 2 N–H and O–H groups in total. The van der Waals surface area contributed by atoms with Crippen LogP contribution in [0.15, 0.2) is 63.8 Å². The molecule has 4 aromatic rings. The van der Waals surface area contributed by atoms with E-state index in [4.69, 9.17) is 37.6 Å². The fraction of sp³-hybridized carbons (Fsp3) is 0.560. The zero-order chi connectivity index (χ0) is 48.9. The fourth-order valence-electron chi connectivity index (χ4n) is 8.85. The molecule has 0 saturated carbocycles. The van der Waals surface area contributed by atoms with Crippen LogP contribution in [0.2, 0.25) is 13.3 Å². The molecular formula is C50H71B2BrN2O10S2Sn. The van der Waals surface area contributed by atoms with Crippen LogP contribution in [0.3, 0.4) is 0 Å². The van der Waals surface area contributed by atoms with Crippen molar-refractivity contribution in [2.24, 2.45) is 0 Å². The summed E-state index contributed by atoms with van der Waals surface area (Å²) in [5.74, 6) is 1.55. The van der Waals surface area contributed by atoms with Crippen molar-refractivity contribution in [2.75, 3.05) is 39.5 Å². The molecule has 4 aliphatic rings. The minimum atomic E-state index is -2.01. The van der Waals surface area contributed by atoms with E-state index < -0.39 is 56.0 Å². The molecule has 2 amide bonds. The van der Waals surface area contributed by atoms with Crippen LogP contribution in [0, 0.1) is 0 Å². The van der Waals surface area contributed by atoms with E-state index in [1.807, 2.05) is 74.1 Å². The van der Waals surface area contributed by atoms with Crippen LogP contribution in [0.4, 0.5) is 9.59 Å². The van der Waals surface area contributed by atoms with Crippen molar-refractivity contribution in [3.63, 3.8) is 0 Å². The van der Waals surface area contributed by atoms with Gasteiger partial charge in [-0.3, -0.25) is 0 Å². The molecule has 0 bridgehead atoms. The van der Waals surface area contributed by atoms with Gasteiger partial charge in [-0.1, -0.05) is 22.0 Å². The standard InChI is InChI=1S/C19H22BNO5S.C15H19BBrNO5.C4H3S.3C4H9.Sn/c1-19(2,3)25-18(22)21-11-14-16-12(15-5-4-10-27-15)6-7-13-17(16)20(26-14)24-9-8-23-13;1-15(2,3)22-14(19)18-8-11-12-9(17)4-5-10-13(12)16(23-11)21-7-6-20-10;1-2-4-5-3-1;3*1-3-4-2;/h4-7,10,14H,8-9,11H2,1-3H3,(H,21,22);4-5,11H,6-8H2,1-3H3,(H,18,19);1-3H;3*1,3-4H2,2H3;/t14-;11-;;;;;/m11...../s1. The zero-order valence-corrected chi connectivity index (χ0v) is 47.5. The summed E-state index contributed by atoms with van der Waals surface area (Å²) in [5.41, 5.74) is 3.78. The number of halogens is 1. The van der Waals surface area contributed by atoms with Crippen molar-refractivity contribution >= 4 is 97.2 Å². The van der Waals surface area contributed by atoms with Crippen LogP contribution in [-0.2, 0) is 28.1 Å². The summed E-state index contributed by atoms with van der Waals surface area (Å²) in [7, 11) is -0.951. The van der Waals surface area contributed by atoms with Crippen LogP contribution in [0.25, 0.3) is 10.4 Å². The molecule has 0 fully saturated rings.